The number of carbonyl (C=O) groups excluding carboxylic acids is 2. The molecule has 0 saturated carbocycles. The van der Waals surface area contributed by atoms with Gasteiger partial charge in [0.2, 0.25) is 5.91 Å². The summed E-state index contributed by atoms with van der Waals surface area (Å²) in [5.74, 6) is -0.0537. The van der Waals surface area contributed by atoms with Crippen molar-refractivity contribution in [3.05, 3.63) is 11.8 Å². The highest BCUT2D eigenvalue weighted by Crippen LogP contribution is 2.20. The van der Waals surface area contributed by atoms with Gasteiger partial charge in [-0.05, 0) is 27.7 Å². The number of thioether (sulfide) groups is 1. The zero-order valence-corrected chi connectivity index (χ0v) is 12.7. The summed E-state index contributed by atoms with van der Waals surface area (Å²) in [6, 6.07) is 1.10. The van der Waals surface area contributed by atoms with Gasteiger partial charge in [-0.1, -0.05) is 11.8 Å². The summed E-state index contributed by atoms with van der Waals surface area (Å²) in [5.41, 5.74) is 6.34. The molecule has 0 saturated heterocycles. The maximum atomic E-state index is 11.8. The van der Waals surface area contributed by atoms with Crippen molar-refractivity contribution in [3.63, 3.8) is 0 Å². The average Bonchev–Trinajstić information content (AvgIpc) is 2.25. The van der Waals surface area contributed by atoms with Crippen LogP contribution in [0.3, 0.4) is 0 Å². The van der Waals surface area contributed by atoms with Crippen LogP contribution in [-0.2, 0) is 4.79 Å². The van der Waals surface area contributed by atoms with Crippen molar-refractivity contribution in [2.24, 2.45) is 0 Å². The molecule has 3 amide bonds. The summed E-state index contributed by atoms with van der Waals surface area (Å²) >= 11 is 1.15. The lowest BCUT2D eigenvalue weighted by molar-refractivity contribution is -0.119. The van der Waals surface area contributed by atoms with Gasteiger partial charge in [0.1, 0.15) is 5.82 Å². The second-order valence-corrected chi connectivity index (χ2v) is 5.90. The Bertz CT molecular complexity index is 486. The van der Waals surface area contributed by atoms with E-state index in [1.807, 2.05) is 13.8 Å². The molecule has 0 bridgehead atoms. The van der Waals surface area contributed by atoms with Gasteiger partial charge in [0.15, 0.2) is 5.16 Å². The number of aromatic nitrogens is 2. The number of amides is 3. The first kappa shape index (κ1) is 16.2. The quantitative estimate of drug-likeness (QED) is 0.566. The number of nitrogens with one attached hydrogen (secondary N) is 2. The molecule has 110 valence electrons. The third-order valence-corrected chi connectivity index (χ3v) is 3.12. The number of rotatable bonds is 4. The van der Waals surface area contributed by atoms with Crippen LogP contribution < -0.4 is 16.4 Å². The standard InChI is InChI=1S/C12H19N5O2S/c1-6(2)14-11(19)17-10(18)8(4)20-12-15-7(3)5-9(13)16-12/h5-6,8H,1-4H3,(H2,13,15,16)(H2,14,17,18,19)/t8-/m1/s1. The Balaban J connectivity index is 2.59. The molecule has 1 atom stereocenters. The zero-order chi connectivity index (χ0) is 15.3. The van der Waals surface area contributed by atoms with Crippen molar-refractivity contribution < 1.29 is 9.59 Å². The lowest BCUT2D eigenvalue weighted by atomic mass is 10.4. The highest BCUT2D eigenvalue weighted by molar-refractivity contribution is 8.00. The molecule has 4 N–H and O–H groups in total. The predicted octanol–water partition coefficient (Wildman–Crippen LogP) is 1.08. The number of hydrogen-bond donors (Lipinski definition) is 3. The van der Waals surface area contributed by atoms with Gasteiger partial charge in [0.25, 0.3) is 0 Å². The maximum Gasteiger partial charge on any atom is 0.321 e. The van der Waals surface area contributed by atoms with Crippen LogP contribution >= 0.6 is 11.8 Å². The van der Waals surface area contributed by atoms with E-state index in [1.165, 1.54) is 0 Å². The summed E-state index contributed by atoms with van der Waals surface area (Å²) in [6.45, 7) is 7.09. The van der Waals surface area contributed by atoms with E-state index in [0.29, 0.717) is 11.0 Å². The Kier molecular flexibility index (Phi) is 5.75. The van der Waals surface area contributed by atoms with Crippen molar-refractivity contribution in [1.29, 1.82) is 0 Å². The molecule has 1 heterocycles. The van der Waals surface area contributed by atoms with E-state index in [0.717, 1.165) is 17.5 Å². The topological polar surface area (TPSA) is 110 Å². The van der Waals surface area contributed by atoms with E-state index in [1.54, 1.807) is 19.9 Å². The van der Waals surface area contributed by atoms with Crippen LogP contribution in [0.25, 0.3) is 0 Å². The van der Waals surface area contributed by atoms with Gasteiger partial charge < -0.3 is 11.1 Å². The fraction of sp³-hybridized carbons (Fsp3) is 0.500. The molecule has 0 unspecified atom stereocenters. The summed E-state index contributed by atoms with van der Waals surface area (Å²) < 4.78 is 0. The Morgan fingerprint density at radius 2 is 1.95 bits per heavy atom. The first-order valence-corrected chi connectivity index (χ1v) is 7.05. The Morgan fingerprint density at radius 3 is 2.50 bits per heavy atom. The zero-order valence-electron chi connectivity index (χ0n) is 11.9. The molecule has 0 aliphatic heterocycles. The molecule has 0 aliphatic carbocycles. The second-order valence-electron chi connectivity index (χ2n) is 4.59. The minimum Gasteiger partial charge on any atom is -0.384 e. The lowest BCUT2D eigenvalue weighted by Crippen LogP contribution is -2.45. The first-order chi connectivity index (χ1) is 9.27. The Hall–Kier alpha value is -1.83. The smallest absolute Gasteiger partial charge is 0.321 e. The van der Waals surface area contributed by atoms with Gasteiger partial charge in [0, 0.05) is 17.8 Å². The molecule has 20 heavy (non-hydrogen) atoms. The Labute approximate surface area is 122 Å². The maximum absolute atomic E-state index is 11.8. The number of aryl methyl sites for hydroxylation is 1. The molecule has 0 radical (unpaired) electrons. The first-order valence-electron chi connectivity index (χ1n) is 6.17. The number of nitrogens with zero attached hydrogens (tertiary/aromatic N) is 2. The van der Waals surface area contributed by atoms with E-state index in [-0.39, 0.29) is 6.04 Å². The Morgan fingerprint density at radius 1 is 1.30 bits per heavy atom. The van der Waals surface area contributed by atoms with Crippen LogP contribution in [0, 0.1) is 6.92 Å². The number of hydrogen-bond acceptors (Lipinski definition) is 6. The highest BCUT2D eigenvalue weighted by Gasteiger charge is 2.18. The SMILES string of the molecule is Cc1cc(N)nc(S[C@H](C)C(=O)NC(=O)NC(C)C)n1. The van der Waals surface area contributed by atoms with E-state index >= 15 is 0 Å². The number of nitrogen functional groups attached to an aromatic ring is 1. The van der Waals surface area contributed by atoms with Crippen LogP contribution in [0.15, 0.2) is 11.2 Å². The minimum atomic E-state index is -0.512. The van der Waals surface area contributed by atoms with Crippen LogP contribution in [0.5, 0.6) is 0 Å². The molecule has 1 aromatic rings. The third kappa shape index (κ3) is 5.43. The van der Waals surface area contributed by atoms with E-state index < -0.39 is 17.2 Å². The predicted molar refractivity (Wildman–Crippen MR) is 78.3 cm³/mol. The largest absolute Gasteiger partial charge is 0.384 e. The number of carbonyl (C=O) groups is 2. The summed E-state index contributed by atoms with van der Waals surface area (Å²) in [6.07, 6.45) is 0. The van der Waals surface area contributed by atoms with E-state index in [4.69, 9.17) is 5.73 Å². The van der Waals surface area contributed by atoms with Crippen LogP contribution in [0.4, 0.5) is 10.6 Å². The molecular formula is C12H19N5O2S. The molecule has 1 rings (SSSR count). The van der Waals surface area contributed by atoms with Crippen molar-refractivity contribution in [2.45, 2.75) is 44.1 Å². The molecular weight excluding hydrogens is 278 g/mol. The van der Waals surface area contributed by atoms with Crippen LogP contribution in [-0.4, -0.2) is 33.2 Å². The van der Waals surface area contributed by atoms with Gasteiger partial charge in [-0.25, -0.2) is 14.8 Å². The average molecular weight is 297 g/mol. The molecule has 0 aromatic carbocycles. The minimum absolute atomic E-state index is 0.0364. The molecule has 0 spiro atoms. The normalized spacial score (nSPS) is 12.1. The molecule has 0 fully saturated rings. The number of urea groups is 1. The summed E-state index contributed by atoms with van der Waals surface area (Å²) in [5, 5.41) is 4.75. The molecule has 8 heteroatoms. The summed E-state index contributed by atoms with van der Waals surface area (Å²) in [4.78, 5) is 31.5. The van der Waals surface area contributed by atoms with E-state index in [2.05, 4.69) is 20.6 Å². The van der Waals surface area contributed by atoms with Gasteiger partial charge in [-0.15, -0.1) is 0 Å². The van der Waals surface area contributed by atoms with Crippen molar-refractivity contribution in [2.75, 3.05) is 5.73 Å². The highest BCUT2D eigenvalue weighted by atomic mass is 32.2. The fourth-order valence-corrected chi connectivity index (χ4v) is 2.18. The van der Waals surface area contributed by atoms with Crippen molar-refractivity contribution >= 4 is 29.5 Å². The second kappa shape index (κ2) is 7.09. The van der Waals surface area contributed by atoms with Gasteiger partial charge >= 0.3 is 6.03 Å². The van der Waals surface area contributed by atoms with Gasteiger partial charge in [-0.2, -0.15) is 0 Å². The van der Waals surface area contributed by atoms with Crippen LogP contribution in [0.2, 0.25) is 0 Å². The number of imide groups is 1. The summed E-state index contributed by atoms with van der Waals surface area (Å²) in [7, 11) is 0. The number of nitrogens with two attached hydrogens (primary N) is 1. The lowest BCUT2D eigenvalue weighted by Gasteiger charge is -2.12. The third-order valence-electron chi connectivity index (χ3n) is 2.16. The van der Waals surface area contributed by atoms with Crippen molar-refractivity contribution in [1.82, 2.24) is 20.6 Å². The van der Waals surface area contributed by atoms with Crippen molar-refractivity contribution in [3.8, 4) is 0 Å². The monoisotopic (exact) mass is 297 g/mol. The molecule has 7 nitrogen and oxygen atoms in total. The van der Waals surface area contributed by atoms with E-state index in [9.17, 15) is 9.59 Å². The number of anilines is 1. The van der Waals surface area contributed by atoms with Gasteiger partial charge in [0.05, 0.1) is 5.25 Å². The molecule has 1 aromatic heterocycles. The molecule has 0 aliphatic rings. The van der Waals surface area contributed by atoms with Crippen LogP contribution in [0.1, 0.15) is 26.5 Å². The van der Waals surface area contributed by atoms with Gasteiger partial charge in [-0.3, -0.25) is 10.1 Å². The fourth-order valence-electron chi connectivity index (χ4n) is 1.34.